The van der Waals surface area contributed by atoms with E-state index >= 15 is 0 Å². The number of hydrogen-bond acceptors (Lipinski definition) is 0. The van der Waals surface area contributed by atoms with Crippen molar-refractivity contribution in [3.8, 4) is 0 Å². The molecule has 0 spiro atoms. The van der Waals surface area contributed by atoms with E-state index in [1.54, 1.807) is 0 Å². The molecule has 0 aliphatic carbocycles. The summed E-state index contributed by atoms with van der Waals surface area (Å²) >= 11 is 0. The van der Waals surface area contributed by atoms with E-state index in [2.05, 4.69) is 42.6 Å². The Morgan fingerprint density at radius 2 is 1.82 bits per heavy atom. The lowest BCUT2D eigenvalue weighted by Gasteiger charge is -1.96. The van der Waals surface area contributed by atoms with Crippen LogP contribution in [0.25, 0.3) is 0 Å². The minimum atomic E-state index is 0. The molecular formula is C9H14IN. The van der Waals surface area contributed by atoms with Crippen LogP contribution in [-0.4, -0.2) is 6.54 Å². The first-order valence-electron chi connectivity index (χ1n) is 3.79. The van der Waals surface area contributed by atoms with Gasteiger partial charge in [-0.1, -0.05) is 30.3 Å². The van der Waals surface area contributed by atoms with E-state index in [4.69, 9.17) is 0 Å². The molecule has 0 amide bonds. The van der Waals surface area contributed by atoms with Crippen molar-refractivity contribution in [2.24, 2.45) is 0 Å². The number of rotatable bonds is 3. The van der Waals surface area contributed by atoms with Gasteiger partial charge in [0.25, 0.3) is 0 Å². The summed E-state index contributed by atoms with van der Waals surface area (Å²) in [7, 11) is 0. The molecule has 62 valence electrons. The third-order valence-corrected chi connectivity index (χ3v) is 1.51. The van der Waals surface area contributed by atoms with Gasteiger partial charge in [-0.25, -0.2) is 0 Å². The predicted octanol–water partition coefficient (Wildman–Crippen LogP) is -2.23. The predicted molar refractivity (Wildman–Crippen MR) is 42.6 cm³/mol. The van der Waals surface area contributed by atoms with E-state index < -0.39 is 0 Å². The van der Waals surface area contributed by atoms with Crippen LogP contribution in [0.3, 0.4) is 0 Å². The zero-order chi connectivity index (χ0) is 7.23. The van der Waals surface area contributed by atoms with Crippen molar-refractivity contribution in [3.63, 3.8) is 0 Å². The van der Waals surface area contributed by atoms with Gasteiger partial charge in [-0.3, -0.25) is 0 Å². The van der Waals surface area contributed by atoms with Gasteiger partial charge in [-0.15, -0.1) is 0 Å². The number of benzene rings is 1. The normalized spacial score (nSPS) is 8.82. The lowest BCUT2D eigenvalue weighted by molar-refractivity contribution is -0.667. The van der Waals surface area contributed by atoms with Gasteiger partial charge in [-0.05, 0) is 6.92 Å². The van der Waals surface area contributed by atoms with E-state index in [-0.39, 0.29) is 24.0 Å². The molecule has 0 fully saturated rings. The van der Waals surface area contributed by atoms with Crippen molar-refractivity contribution in [2.45, 2.75) is 13.5 Å². The molecule has 1 aromatic carbocycles. The van der Waals surface area contributed by atoms with Crippen LogP contribution < -0.4 is 29.3 Å². The number of hydrogen-bond donors (Lipinski definition) is 1. The fraction of sp³-hybridized carbons (Fsp3) is 0.333. The quantitative estimate of drug-likeness (QED) is 0.595. The third kappa shape index (κ3) is 4.37. The highest BCUT2D eigenvalue weighted by Gasteiger charge is 1.89. The smallest absolute Gasteiger partial charge is 0.101 e. The molecule has 1 rings (SSSR count). The molecule has 1 nitrogen and oxygen atoms in total. The van der Waals surface area contributed by atoms with Crippen molar-refractivity contribution < 1.29 is 29.3 Å². The average molecular weight is 263 g/mol. The molecule has 0 saturated heterocycles. The molecule has 0 unspecified atom stereocenters. The highest BCUT2D eigenvalue weighted by Crippen LogP contribution is 1.93. The van der Waals surface area contributed by atoms with Gasteiger partial charge >= 0.3 is 0 Å². The van der Waals surface area contributed by atoms with Crippen LogP contribution in [0.2, 0.25) is 0 Å². The second kappa shape index (κ2) is 6.61. The summed E-state index contributed by atoms with van der Waals surface area (Å²) in [5.74, 6) is 0. The largest absolute Gasteiger partial charge is 1.00 e. The molecule has 0 aromatic heterocycles. The maximum atomic E-state index is 2.29. The van der Waals surface area contributed by atoms with Gasteiger partial charge in [-0.2, -0.15) is 0 Å². The van der Waals surface area contributed by atoms with E-state index in [0.717, 1.165) is 13.1 Å². The number of nitrogens with two attached hydrogens (primary N) is 1. The molecule has 0 aliphatic heterocycles. The van der Waals surface area contributed by atoms with Crippen molar-refractivity contribution in [2.75, 3.05) is 6.54 Å². The maximum Gasteiger partial charge on any atom is 0.101 e. The van der Waals surface area contributed by atoms with Crippen LogP contribution in [0.5, 0.6) is 0 Å². The molecule has 0 heterocycles. The Hall–Kier alpha value is -0.0900. The Morgan fingerprint density at radius 3 is 2.36 bits per heavy atom. The molecule has 11 heavy (non-hydrogen) atoms. The first-order chi connectivity index (χ1) is 4.93. The third-order valence-electron chi connectivity index (χ3n) is 1.51. The van der Waals surface area contributed by atoms with Gasteiger partial charge < -0.3 is 29.3 Å². The standard InChI is InChI=1S/C9H13N.HI/c1-2-10-8-9-6-4-3-5-7-9;/h3-7,10H,2,8H2,1H3;1H. The summed E-state index contributed by atoms with van der Waals surface area (Å²) in [6.45, 7) is 4.44. The number of quaternary nitrogens is 1. The molecule has 0 radical (unpaired) electrons. The first-order valence-corrected chi connectivity index (χ1v) is 3.79. The zero-order valence-electron chi connectivity index (χ0n) is 6.76. The van der Waals surface area contributed by atoms with Gasteiger partial charge in [0.15, 0.2) is 0 Å². The summed E-state index contributed by atoms with van der Waals surface area (Å²) in [4.78, 5) is 0. The van der Waals surface area contributed by atoms with E-state index in [0.29, 0.717) is 0 Å². The fourth-order valence-corrected chi connectivity index (χ4v) is 0.925. The number of halogens is 1. The molecule has 0 saturated carbocycles. The van der Waals surface area contributed by atoms with Gasteiger partial charge in [0.05, 0.1) is 6.54 Å². The summed E-state index contributed by atoms with van der Waals surface area (Å²) in [5.41, 5.74) is 1.41. The minimum absolute atomic E-state index is 0. The summed E-state index contributed by atoms with van der Waals surface area (Å²) < 4.78 is 0. The topological polar surface area (TPSA) is 16.6 Å². The first kappa shape index (κ1) is 10.9. The minimum Gasteiger partial charge on any atom is -1.00 e. The molecule has 2 heteroatoms. The van der Waals surface area contributed by atoms with Crippen LogP contribution in [0.1, 0.15) is 12.5 Å². The summed E-state index contributed by atoms with van der Waals surface area (Å²) in [5, 5.41) is 2.29. The Morgan fingerprint density at radius 1 is 1.18 bits per heavy atom. The molecule has 1 aromatic rings. The summed E-state index contributed by atoms with van der Waals surface area (Å²) in [6.07, 6.45) is 0. The maximum absolute atomic E-state index is 2.29. The van der Waals surface area contributed by atoms with E-state index in [9.17, 15) is 0 Å². The van der Waals surface area contributed by atoms with E-state index in [1.165, 1.54) is 5.56 Å². The SMILES string of the molecule is CC[NH2+]Cc1ccccc1.[I-]. The Balaban J connectivity index is 0.000001000. The molecule has 2 N–H and O–H groups in total. The van der Waals surface area contributed by atoms with Crippen molar-refractivity contribution >= 4 is 0 Å². The van der Waals surface area contributed by atoms with Gasteiger partial charge in [0.2, 0.25) is 0 Å². The van der Waals surface area contributed by atoms with Crippen LogP contribution in [-0.2, 0) is 6.54 Å². The Labute approximate surface area is 85.2 Å². The lowest BCUT2D eigenvalue weighted by atomic mass is 10.2. The second-order valence-electron chi connectivity index (χ2n) is 2.39. The fourth-order valence-electron chi connectivity index (χ4n) is 0.925. The van der Waals surface area contributed by atoms with Crippen LogP contribution in [0, 0.1) is 0 Å². The van der Waals surface area contributed by atoms with Crippen LogP contribution >= 0.6 is 0 Å². The Kier molecular flexibility index (Phi) is 6.56. The van der Waals surface area contributed by atoms with Gasteiger partial charge in [0.1, 0.15) is 6.54 Å². The Bertz CT molecular complexity index is 174. The highest BCUT2D eigenvalue weighted by atomic mass is 127. The monoisotopic (exact) mass is 263 g/mol. The molecular weight excluding hydrogens is 249 g/mol. The molecule has 0 bridgehead atoms. The molecule has 0 aliphatic rings. The summed E-state index contributed by atoms with van der Waals surface area (Å²) in [6, 6.07) is 10.5. The van der Waals surface area contributed by atoms with Crippen LogP contribution in [0.15, 0.2) is 30.3 Å². The zero-order valence-corrected chi connectivity index (χ0v) is 8.91. The molecule has 0 atom stereocenters. The van der Waals surface area contributed by atoms with Crippen LogP contribution in [0.4, 0.5) is 0 Å². The van der Waals surface area contributed by atoms with Crippen molar-refractivity contribution in [1.82, 2.24) is 0 Å². The lowest BCUT2D eigenvalue weighted by Crippen LogP contribution is -3.00. The average Bonchev–Trinajstić information content (AvgIpc) is 2.03. The van der Waals surface area contributed by atoms with Gasteiger partial charge in [0, 0.05) is 5.56 Å². The van der Waals surface area contributed by atoms with Crippen molar-refractivity contribution in [3.05, 3.63) is 35.9 Å². The van der Waals surface area contributed by atoms with E-state index in [1.807, 2.05) is 0 Å². The second-order valence-corrected chi connectivity index (χ2v) is 2.39. The van der Waals surface area contributed by atoms with Crippen molar-refractivity contribution in [1.29, 1.82) is 0 Å². The highest BCUT2D eigenvalue weighted by molar-refractivity contribution is 5.12.